The van der Waals surface area contributed by atoms with E-state index in [0.717, 1.165) is 7.11 Å². The molecule has 1 rings (SSSR count). The first-order valence-corrected chi connectivity index (χ1v) is 4.87. The van der Waals surface area contributed by atoms with E-state index in [-0.39, 0.29) is 5.56 Å². The quantitative estimate of drug-likeness (QED) is 0.330. The van der Waals surface area contributed by atoms with E-state index in [9.17, 15) is 14.4 Å². The summed E-state index contributed by atoms with van der Waals surface area (Å²) in [6.45, 7) is 0. The van der Waals surface area contributed by atoms with E-state index in [1.807, 2.05) is 0 Å². The smallest absolute Gasteiger partial charge is 0.374 e. The summed E-state index contributed by atoms with van der Waals surface area (Å²) >= 11 is 0. The average molecular weight is 236 g/mol. The average Bonchev–Trinajstić information content (AvgIpc) is 2.37. The number of hydrogen-bond acceptors (Lipinski definition) is 5. The van der Waals surface area contributed by atoms with Gasteiger partial charge in [-0.2, -0.15) is 0 Å². The van der Waals surface area contributed by atoms with Crippen molar-refractivity contribution in [1.29, 1.82) is 0 Å². The third kappa shape index (κ3) is 3.14. The number of hydrogen-bond donors (Lipinski definition) is 0. The fourth-order valence-electron chi connectivity index (χ4n) is 1.30. The molecule has 0 aromatic heterocycles. The van der Waals surface area contributed by atoms with Crippen LogP contribution >= 0.6 is 0 Å². The highest BCUT2D eigenvalue weighted by molar-refractivity contribution is 6.38. The molecule has 0 N–H and O–H groups in total. The van der Waals surface area contributed by atoms with Crippen molar-refractivity contribution in [2.24, 2.45) is 0 Å². The number of methoxy groups -OCH3 is 2. The van der Waals surface area contributed by atoms with Crippen LogP contribution < -0.4 is 4.74 Å². The zero-order valence-corrected chi connectivity index (χ0v) is 9.56. The molecule has 0 spiro atoms. The Balaban J connectivity index is 2.83. The Kier molecular flexibility index (Phi) is 4.39. The first-order chi connectivity index (χ1) is 8.10. The van der Waals surface area contributed by atoms with Gasteiger partial charge in [-0.05, 0) is 12.1 Å². The number of esters is 1. The van der Waals surface area contributed by atoms with Crippen LogP contribution in [0.4, 0.5) is 0 Å². The van der Waals surface area contributed by atoms with Gasteiger partial charge in [0.05, 0.1) is 26.2 Å². The van der Waals surface area contributed by atoms with E-state index in [1.54, 1.807) is 18.2 Å². The number of ether oxygens (including phenoxy) is 2. The summed E-state index contributed by atoms with van der Waals surface area (Å²) < 4.78 is 9.22. The fraction of sp³-hybridized carbons (Fsp3) is 0.250. The molecular weight excluding hydrogens is 224 g/mol. The fourth-order valence-corrected chi connectivity index (χ4v) is 1.30. The Morgan fingerprint density at radius 2 is 1.76 bits per heavy atom. The van der Waals surface area contributed by atoms with E-state index >= 15 is 0 Å². The van der Waals surface area contributed by atoms with Crippen molar-refractivity contribution in [2.45, 2.75) is 6.42 Å². The monoisotopic (exact) mass is 236 g/mol. The first-order valence-electron chi connectivity index (χ1n) is 4.87. The van der Waals surface area contributed by atoms with Gasteiger partial charge in [-0.25, -0.2) is 4.79 Å². The molecule has 0 radical (unpaired) electrons. The molecule has 1 aromatic rings. The molecule has 0 fully saturated rings. The van der Waals surface area contributed by atoms with Gasteiger partial charge in [-0.3, -0.25) is 9.59 Å². The lowest BCUT2D eigenvalue weighted by molar-refractivity contribution is -0.151. The highest BCUT2D eigenvalue weighted by atomic mass is 16.5. The lowest BCUT2D eigenvalue weighted by Gasteiger charge is -2.06. The summed E-state index contributed by atoms with van der Waals surface area (Å²) in [7, 11) is 2.52. The van der Waals surface area contributed by atoms with Crippen LogP contribution in [-0.2, 0) is 14.3 Å². The van der Waals surface area contributed by atoms with Gasteiger partial charge in [0.25, 0.3) is 0 Å². The molecule has 0 saturated heterocycles. The lowest BCUT2D eigenvalue weighted by Crippen LogP contribution is -2.19. The topological polar surface area (TPSA) is 69.7 Å². The van der Waals surface area contributed by atoms with Crippen LogP contribution in [0.3, 0.4) is 0 Å². The molecule has 0 heterocycles. The Labute approximate surface area is 98.3 Å². The van der Waals surface area contributed by atoms with E-state index in [2.05, 4.69) is 4.74 Å². The van der Waals surface area contributed by atoms with E-state index in [1.165, 1.54) is 13.2 Å². The molecule has 0 bridgehead atoms. The van der Waals surface area contributed by atoms with Crippen LogP contribution in [0.2, 0.25) is 0 Å². The molecule has 0 saturated carbocycles. The van der Waals surface area contributed by atoms with Gasteiger partial charge in [0.2, 0.25) is 5.78 Å². The zero-order chi connectivity index (χ0) is 12.8. The maximum atomic E-state index is 11.7. The summed E-state index contributed by atoms with van der Waals surface area (Å²) in [6, 6.07) is 6.50. The minimum absolute atomic E-state index is 0.271. The van der Waals surface area contributed by atoms with Gasteiger partial charge < -0.3 is 9.47 Å². The maximum Gasteiger partial charge on any atom is 0.374 e. The van der Waals surface area contributed by atoms with E-state index in [0.29, 0.717) is 5.75 Å². The second-order valence-corrected chi connectivity index (χ2v) is 3.21. The van der Waals surface area contributed by atoms with Gasteiger partial charge in [0, 0.05) is 0 Å². The normalized spacial score (nSPS) is 9.53. The minimum atomic E-state index is -1.02. The molecule has 0 amide bonds. The van der Waals surface area contributed by atoms with Crippen molar-refractivity contribution in [3.05, 3.63) is 29.8 Å². The number of Topliss-reactive ketones (excluding diaryl/α,β-unsaturated/α-hetero) is 2. The number of ketones is 2. The van der Waals surface area contributed by atoms with E-state index in [4.69, 9.17) is 4.74 Å². The SMILES string of the molecule is COC(=O)C(=O)CC(=O)c1ccccc1OC. The largest absolute Gasteiger partial charge is 0.496 e. The molecule has 5 nitrogen and oxygen atoms in total. The van der Waals surface area contributed by atoms with Crippen LogP contribution in [0, 0.1) is 0 Å². The van der Waals surface area contributed by atoms with Gasteiger partial charge in [0.15, 0.2) is 5.78 Å². The van der Waals surface area contributed by atoms with Crippen molar-refractivity contribution < 1.29 is 23.9 Å². The summed E-state index contributed by atoms with van der Waals surface area (Å²) in [4.78, 5) is 33.8. The van der Waals surface area contributed by atoms with Crippen LogP contribution in [0.25, 0.3) is 0 Å². The van der Waals surface area contributed by atoms with Gasteiger partial charge in [0.1, 0.15) is 5.75 Å². The second kappa shape index (κ2) is 5.79. The Hall–Kier alpha value is -2.17. The summed E-state index contributed by atoms with van der Waals surface area (Å²) in [6.07, 6.45) is -0.521. The number of para-hydroxylation sites is 1. The zero-order valence-electron chi connectivity index (χ0n) is 9.56. The molecular formula is C12H12O5. The summed E-state index contributed by atoms with van der Waals surface area (Å²) in [5.74, 6) is -2.00. The predicted molar refractivity (Wildman–Crippen MR) is 59.0 cm³/mol. The Morgan fingerprint density at radius 1 is 1.12 bits per heavy atom. The van der Waals surface area contributed by atoms with E-state index < -0.39 is 24.0 Å². The highest BCUT2D eigenvalue weighted by Crippen LogP contribution is 2.19. The molecule has 0 aliphatic carbocycles. The third-order valence-corrected chi connectivity index (χ3v) is 2.14. The molecule has 5 heteroatoms. The number of carbonyl (C=O) groups excluding carboxylic acids is 3. The number of carbonyl (C=O) groups is 3. The van der Waals surface area contributed by atoms with Crippen molar-refractivity contribution in [3.8, 4) is 5.75 Å². The molecule has 0 unspecified atom stereocenters. The molecule has 17 heavy (non-hydrogen) atoms. The van der Waals surface area contributed by atoms with Crippen LogP contribution in [0.1, 0.15) is 16.8 Å². The number of benzene rings is 1. The standard InChI is InChI=1S/C12H12O5/c1-16-11-6-4-3-5-8(11)9(13)7-10(14)12(15)17-2/h3-6H,7H2,1-2H3. The molecule has 1 aromatic carbocycles. The maximum absolute atomic E-state index is 11.7. The summed E-state index contributed by atoms with van der Waals surface area (Å²) in [5.41, 5.74) is 0.271. The van der Waals surface area contributed by atoms with Crippen molar-refractivity contribution in [1.82, 2.24) is 0 Å². The Bertz CT molecular complexity index is 450. The van der Waals surface area contributed by atoms with Gasteiger partial charge in [-0.15, -0.1) is 0 Å². The van der Waals surface area contributed by atoms with Gasteiger partial charge >= 0.3 is 5.97 Å². The summed E-state index contributed by atoms with van der Waals surface area (Å²) in [5, 5.41) is 0. The van der Waals surface area contributed by atoms with Crippen LogP contribution in [-0.4, -0.2) is 31.8 Å². The third-order valence-electron chi connectivity index (χ3n) is 2.14. The van der Waals surface area contributed by atoms with Crippen LogP contribution in [0.5, 0.6) is 5.75 Å². The van der Waals surface area contributed by atoms with Gasteiger partial charge in [-0.1, -0.05) is 12.1 Å². The van der Waals surface area contributed by atoms with Crippen molar-refractivity contribution in [2.75, 3.05) is 14.2 Å². The predicted octanol–water partition coefficient (Wildman–Crippen LogP) is 1.01. The molecule has 0 aliphatic heterocycles. The van der Waals surface area contributed by atoms with Crippen molar-refractivity contribution in [3.63, 3.8) is 0 Å². The second-order valence-electron chi connectivity index (χ2n) is 3.21. The first kappa shape index (κ1) is 12.9. The Morgan fingerprint density at radius 3 is 2.35 bits per heavy atom. The van der Waals surface area contributed by atoms with Crippen molar-refractivity contribution >= 4 is 17.5 Å². The molecule has 0 atom stereocenters. The molecule has 0 aliphatic rings. The molecule has 90 valence electrons. The highest BCUT2D eigenvalue weighted by Gasteiger charge is 2.21. The van der Waals surface area contributed by atoms with Crippen LogP contribution in [0.15, 0.2) is 24.3 Å². The lowest BCUT2D eigenvalue weighted by atomic mass is 10.1. The minimum Gasteiger partial charge on any atom is -0.496 e. The number of rotatable bonds is 5.